The zero-order valence-corrected chi connectivity index (χ0v) is 17.2. The normalized spacial score (nSPS) is 14.3. The highest BCUT2D eigenvalue weighted by Gasteiger charge is 2.21. The largest absolute Gasteiger partial charge is 0.366 e. The molecule has 0 saturated carbocycles. The first-order valence-electron chi connectivity index (χ1n) is 10.4. The van der Waals surface area contributed by atoms with Gasteiger partial charge in [0.25, 0.3) is 11.8 Å². The van der Waals surface area contributed by atoms with Crippen molar-refractivity contribution in [3.05, 3.63) is 83.6 Å². The van der Waals surface area contributed by atoms with Crippen molar-refractivity contribution in [1.82, 2.24) is 10.2 Å². The summed E-state index contributed by atoms with van der Waals surface area (Å²) in [6.45, 7) is 1.84. The van der Waals surface area contributed by atoms with Crippen LogP contribution in [-0.2, 0) is 6.42 Å². The average molecular weight is 415 g/mol. The Kier molecular flexibility index (Phi) is 6.21. The molecule has 4 rings (SSSR count). The van der Waals surface area contributed by atoms with Crippen LogP contribution in [0.5, 0.6) is 0 Å². The van der Waals surface area contributed by atoms with Crippen LogP contribution in [0, 0.1) is 5.92 Å². The molecule has 0 aliphatic carbocycles. The molecule has 1 aromatic heterocycles. The summed E-state index contributed by atoms with van der Waals surface area (Å²) in [7, 11) is 0. The van der Waals surface area contributed by atoms with E-state index < -0.39 is 11.8 Å². The van der Waals surface area contributed by atoms with Crippen molar-refractivity contribution in [2.45, 2.75) is 19.3 Å². The number of nitrogens with two attached hydrogens (primary N) is 1. The number of hydrogen-bond donors (Lipinski definition) is 2. The lowest BCUT2D eigenvalue weighted by Crippen LogP contribution is -2.35. The number of hydrogen-bond acceptors (Lipinski definition) is 5. The van der Waals surface area contributed by atoms with E-state index in [-0.39, 0.29) is 11.3 Å². The first kappa shape index (κ1) is 20.5. The van der Waals surface area contributed by atoms with E-state index in [0.717, 1.165) is 38.2 Å². The van der Waals surface area contributed by atoms with E-state index >= 15 is 0 Å². The first-order valence-corrected chi connectivity index (χ1v) is 10.4. The van der Waals surface area contributed by atoms with Crippen molar-refractivity contribution in [2.24, 2.45) is 11.7 Å². The van der Waals surface area contributed by atoms with Crippen LogP contribution < -0.4 is 16.0 Å². The molecule has 7 heteroatoms. The molecule has 3 aromatic rings. The zero-order valence-electron chi connectivity index (χ0n) is 17.2. The molecule has 31 heavy (non-hydrogen) atoms. The Morgan fingerprint density at radius 2 is 1.65 bits per heavy atom. The predicted molar refractivity (Wildman–Crippen MR) is 120 cm³/mol. The first-order chi connectivity index (χ1) is 15.1. The monoisotopic (exact) mass is 415 g/mol. The highest BCUT2D eigenvalue weighted by molar-refractivity contribution is 6.07. The molecule has 7 nitrogen and oxygen atoms in total. The van der Waals surface area contributed by atoms with Crippen LogP contribution in [0.2, 0.25) is 0 Å². The fourth-order valence-electron chi connectivity index (χ4n) is 3.92. The van der Waals surface area contributed by atoms with Crippen LogP contribution >= 0.6 is 0 Å². The maximum atomic E-state index is 12.5. The topological polar surface area (TPSA) is 101 Å². The van der Waals surface area contributed by atoms with Crippen molar-refractivity contribution in [3.63, 3.8) is 0 Å². The third-order valence-electron chi connectivity index (χ3n) is 5.63. The SMILES string of the molecule is NC(=O)c1ccccc1NC(=O)c1ccc(N2CCC(Cc3ccccc3)CC2)nn1. The fourth-order valence-corrected chi connectivity index (χ4v) is 3.92. The minimum Gasteiger partial charge on any atom is -0.366 e. The van der Waals surface area contributed by atoms with Crippen molar-refractivity contribution >= 4 is 23.3 Å². The summed E-state index contributed by atoms with van der Waals surface area (Å²) in [5.74, 6) is 0.400. The molecule has 2 amide bonds. The van der Waals surface area contributed by atoms with E-state index in [1.807, 2.05) is 12.1 Å². The maximum absolute atomic E-state index is 12.5. The molecule has 1 aliphatic heterocycles. The van der Waals surface area contributed by atoms with E-state index in [0.29, 0.717) is 11.6 Å². The number of amides is 2. The number of benzene rings is 2. The van der Waals surface area contributed by atoms with Crippen molar-refractivity contribution in [3.8, 4) is 0 Å². The molecule has 0 radical (unpaired) electrons. The lowest BCUT2D eigenvalue weighted by molar-refractivity contribution is 0.100. The molecular formula is C24H25N5O2. The van der Waals surface area contributed by atoms with Crippen molar-refractivity contribution in [2.75, 3.05) is 23.3 Å². The molecule has 1 aliphatic rings. The van der Waals surface area contributed by atoms with E-state index in [1.165, 1.54) is 5.56 Å². The van der Waals surface area contributed by atoms with Gasteiger partial charge in [0.15, 0.2) is 11.5 Å². The van der Waals surface area contributed by atoms with Gasteiger partial charge in [0, 0.05) is 13.1 Å². The number of primary amides is 1. The summed E-state index contributed by atoms with van der Waals surface area (Å²) in [4.78, 5) is 26.2. The minimum absolute atomic E-state index is 0.182. The number of carbonyl (C=O) groups is 2. The second-order valence-electron chi connectivity index (χ2n) is 7.76. The van der Waals surface area contributed by atoms with Gasteiger partial charge in [-0.3, -0.25) is 9.59 Å². The van der Waals surface area contributed by atoms with Gasteiger partial charge >= 0.3 is 0 Å². The summed E-state index contributed by atoms with van der Waals surface area (Å²) in [6, 6.07) is 20.7. The Morgan fingerprint density at radius 1 is 0.935 bits per heavy atom. The number of nitrogens with zero attached hydrogens (tertiary/aromatic N) is 3. The number of nitrogens with one attached hydrogen (secondary N) is 1. The maximum Gasteiger partial charge on any atom is 0.276 e. The van der Waals surface area contributed by atoms with E-state index in [9.17, 15) is 9.59 Å². The quantitative estimate of drug-likeness (QED) is 0.643. The smallest absolute Gasteiger partial charge is 0.276 e. The van der Waals surface area contributed by atoms with Crippen molar-refractivity contribution < 1.29 is 9.59 Å². The second kappa shape index (κ2) is 9.38. The molecule has 0 spiro atoms. The standard InChI is InChI=1S/C24H25N5O2/c25-23(30)19-8-4-5-9-20(19)26-24(31)21-10-11-22(28-27-21)29-14-12-18(13-15-29)16-17-6-2-1-3-7-17/h1-11,18H,12-16H2,(H2,25,30)(H,26,31). The van der Waals surface area contributed by atoms with Gasteiger partial charge in [-0.15, -0.1) is 10.2 Å². The third kappa shape index (κ3) is 5.06. The van der Waals surface area contributed by atoms with Crippen LogP contribution in [0.4, 0.5) is 11.5 Å². The Bertz CT molecular complexity index is 1050. The van der Waals surface area contributed by atoms with Gasteiger partial charge in [0.2, 0.25) is 0 Å². The van der Waals surface area contributed by atoms with Gasteiger partial charge in [0.05, 0.1) is 11.3 Å². The number of aromatic nitrogens is 2. The zero-order chi connectivity index (χ0) is 21.6. The van der Waals surface area contributed by atoms with Crippen LogP contribution in [0.3, 0.4) is 0 Å². The molecule has 2 aromatic carbocycles. The number of carbonyl (C=O) groups excluding carboxylic acids is 2. The highest BCUT2D eigenvalue weighted by Crippen LogP contribution is 2.24. The second-order valence-corrected chi connectivity index (χ2v) is 7.76. The molecule has 3 N–H and O–H groups in total. The van der Waals surface area contributed by atoms with Crippen molar-refractivity contribution in [1.29, 1.82) is 0 Å². The van der Waals surface area contributed by atoms with E-state index in [4.69, 9.17) is 5.73 Å². The molecule has 158 valence electrons. The lowest BCUT2D eigenvalue weighted by Gasteiger charge is -2.32. The summed E-state index contributed by atoms with van der Waals surface area (Å²) in [5, 5.41) is 11.0. The van der Waals surface area contributed by atoms with Crippen LogP contribution in [0.15, 0.2) is 66.7 Å². The van der Waals surface area contributed by atoms with Gasteiger partial charge < -0.3 is 16.0 Å². The minimum atomic E-state index is -0.604. The average Bonchev–Trinajstić information content (AvgIpc) is 2.80. The number of rotatable bonds is 6. The Labute approximate surface area is 181 Å². The summed E-state index contributed by atoms with van der Waals surface area (Å²) < 4.78 is 0. The Balaban J connectivity index is 1.34. The molecule has 1 fully saturated rings. The highest BCUT2D eigenvalue weighted by atomic mass is 16.2. The van der Waals surface area contributed by atoms with Gasteiger partial charge in [-0.05, 0) is 55.0 Å². The molecular weight excluding hydrogens is 390 g/mol. The summed E-state index contributed by atoms with van der Waals surface area (Å²) in [6.07, 6.45) is 3.30. The molecule has 0 atom stereocenters. The van der Waals surface area contributed by atoms with Gasteiger partial charge in [-0.2, -0.15) is 0 Å². The van der Waals surface area contributed by atoms with Crippen LogP contribution in [0.1, 0.15) is 39.3 Å². The van der Waals surface area contributed by atoms with Gasteiger partial charge in [0.1, 0.15) is 0 Å². The third-order valence-corrected chi connectivity index (χ3v) is 5.63. The van der Waals surface area contributed by atoms with Gasteiger partial charge in [-0.1, -0.05) is 42.5 Å². The van der Waals surface area contributed by atoms with E-state index in [1.54, 1.807) is 30.3 Å². The lowest BCUT2D eigenvalue weighted by atomic mass is 9.90. The van der Waals surface area contributed by atoms with E-state index in [2.05, 4.69) is 44.7 Å². The molecule has 0 unspecified atom stereocenters. The fraction of sp³-hybridized carbons (Fsp3) is 0.250. The van der Waals surface area contributed by atoms with Crippen LogP contribution in [-0.4, -0.2) is 35.1 Å². The molecule has 2 heterocycles. The molecule has 0 bridgehead atoms. The number of anilines is 2. The summed E-state index contributed by atoms with van der Waals surface area (Å²) >= 11 is 0. The molecule has 1 saturated heterocycles. The van der Waals surface area contributed by atoms with Gasteiger partial charge in [-0.25, -0.2) is 0 Å². The van der Waals surface area contributed by atoms with Crippen LogP contribution in [0.25, 0.3) is 0 Å². The predicted octanol–water partition coefficient (Wildman–Crippen LogP) is 3.29. The number of piperidine rings is 1. The Hall–Kier alpha value is -3.74. The summed E-state index contributed by atoms with van der Waals surface area (Å²) in [5.41, 5.74) is 7.53. The Morgan fingerprint density at radius 3 is 2.32 bits per heavy atom. The number of para-hydroxylation sites is 1.